The number of benzene rings is 2. The van der Waals surface area contributed by atoms with Gasteiger partial charge < -0.3 is 5.73 Å². The van der Waals surface area contributed by atoms with Gasteiger partial charge in [0.1, 0.15) is 0 Å². The Morgan fingerprint density at radius 1 is 1.03 bits per heavy atom. The number of nitrogens with two attached hydrogens (primary N) is 1. The molecule has 0 fully saturated rings. The van der Waals surface area contributed by atoms with Gasteiger partial charge in [-0.25, -0.2) is 5.43 Å². The third-order valence-electron chi connectivity index (χ3n) is 4.82. The summed E-state index contributed by atoms with van der Waals surface area (Å²) in [5.41, 5.74) is 10.2. The van der Waals surface area contributed by atoms with Crippen molar-refractivity contribution < 1.29 is 22.8 Å². The average molecular weight is 400 g/mol. The molecule has 1 aliphatic rings. The molecule has 0 radical (unpaired) electrons. The summed E-state index contributed by atoms with van der Waals surface area (Å²) in [6.07, 6.45) is -3.26. The molecule has 3 N–H and O–H groups in total. The smallest absolute Gasteiger partial charge is 0.364 e. The molecule has 0 aliphatic heterocycles. The van der Waals surface area contributed by atoms with Crippen molar-refractivity contribution in [3.63, 3.8) is 0 Å². The van der Waals surface area contributed by atoms with Gasteiger partial charge in [-0.15, -0.1) is 5.10 Å². The number of carbonyl (C=O) groups is 2. The number of amides is 2. The van der Waals surface area contributed by atoms with Gasteiger partial charge in [0.05, 0.1) is 11.3 Å². The lowest BCUT2D eigenvalue weighted by molar-refractivity contribution is -0.137. The Bertz CT molecular complexity index is 1120. The zero-order chi connectivity index (χ0) is 20.8. The summed E-state index contributed by atoms with van der Waals surface area (Å²) in [5.74, 6) is -1.38. The van der Waals surface area contributed by atoms with E-state index in [0.717, 1.165) is 35.4 Å². The number of halogens is 3. The van der Waals surface area contributed by atoms with Gasteiger partial charge in [0.15, 0.2) is 5.69 Å². The number of alkyl halides is 3. The minimum atomic E-state index is -4.49. The van der Waals surface area contributed by atoms with Gasteiger partial charge in [0.25, 0.3) is 11.8 Å². The number of carbonyl (C=O) groups excluding carboxylic acids is 2. The molecule has 0 unspecified atom stereocenters. The summed E-state index contributed by atoms with van der Waals surface area (Å²) >= 11 is 0. The lowest BCUT2D eigenvalue weighted by Gasteiger charge is -2.18. The first kappa shape index (κ1) is 18.7. The summed E-state index contributed by atoms with van der Waals surface area (Å²) < 4.78 is 38.2. The third-order valence-corrected chi connectivity index (χ3v) is 4.82. The van der Waals surface area contributed by atoms with Crippen molar-refractivity contribution in [1.29, 1.82) is 0 Å². The number of primary amides is 1. The zero-order valence-corrected chi connectivity index (χ0v) is 15.0. The van der Waals surface area contributed by atoms with Crippen LogP contribution in [-0.4, -0.2) is 21.7 Å². The van der Waals surface area contributed by atoms with E-state index < -0.39 is 23.6 Å². The molecular formula is C20H15F3N4O2. The summed E-state index contributed by atoms with van der Waals surface area (Å²) in [6, 6.07) is 11.3. The van der Waals surface area contributed by atoms with Crippen molar-refractivity contribution in [2.75, 3.05) is 5.43 Å². The van der Waals surface area contributed by atoms with E-state index >= 15 is 0 Å². The van der Waals surface area contributed by atoms with Crippen LogP contribution >= 0.6 is 0 Å². The fraction of sp³-hybridized carbons (Fsp3) is 0.150. The minimum Gasteiger partial charge on any atom is -0.364 e. The Hall–Kier alpha value is -3.62. The highest BCUT2D eigenvalue weighted by atomic mass is 19.4. The molecule has 148 valence electrons. The highest BCUT2D eigenvalue weighted by molar-refractivity contribution is 6.01. The van der Waals surface area contributed by atoms with Crippen molar-refractivity contribution in [2.24, 2.45) is 5.73 Å². The molecule has 6 nitrogen and oxygen atoms in total. The first-order chi connectivity index (χ1) is 13.8. The van der Waals surface area contributed by atoms with E-state index in [-0.39, 0.29) is 11.3 Å². The van der Waals surface area contributed by atoms with Crippen molar-refractivity contribution >= 4 is 11.8 Å². The van der Waals surface area contributed by atoms with E-state index in [0.29, 0.717) is 24.1 Å². The van der Waals surface area contributed by atoms with E-state index in [2.05, 4.69) is 10.5 Å². The van der Waals surface area contributed by atoms with E-state index in [1.54, 1.807) is 0 Å². The van der Waals surface area contributed by atoms with Crippen molar-refractivity contribution in [1.82, 2.24) is 9.89 Å². The molecule has 2 amide bonds. The molecular weight excluding hydrogens is 385 g/mol. The first-order valence-electron chi connectivity index (χ1n) is 8.74. The van der Waals surface area contributed by atoms with Crippen LogP contribution in [0, 0.1) is 0 Å². The fourth-order valence-corrected chi connectivity index (χ4v) is 3.44. The molecule has 1 aromatic heterocycles. The number of rotatable bonds is 3. The monoisotopic (exact) mass is 400 g/mol. The molecule has 0 bridgehead atoms. The number of hydrogen-bond acceptors (Lipinski definition) is 3. The average Bonchev–Trinajstić information content (AvgIpc) is 3.06. The topological polar surface area (TPSA) is 90.0 Å². The third kappa shape index (κ3) is 3.35. The number of nitrogens with zero attached hydrogens (tertiary/aromatic N) is 2. The molecule has 4 rings (SSSR count). The zero-order valence-electron chi connectivity index (χ0n) is 15.0. The van der Waals surface area contributed by atoms with Crippen LogP contribution in [-0.2, 0) is 19.0 Å². The molecule has 3 aromatic rings. The maximum Gasteiger partial charge on any atom is 0.416 e. The summed E-state index contributed by atoms with van der Waals surface area (Å²) in [6.45, 7) is 0. The highest BCUT2D eigenvalue weighted by Crippen LogP contribution is 2.35. The molecule has 29 heavy (non-hydrogen) atoms. The summed E-state index contributed by atoms with van der Waals surface area (Å²) in [5, 5.41) is 4.14. The van der Waals surface area contributed by atoms with Gasteiger partial charge in [-0.3, -0.25) is 9.59 Å². The van der Waals surface area contributed by atoms with Gasteiger partial charge >= 0.3 is 6.18 Å². The molecule has 0 saturated carbocycles. The quantitative estimate of drug-likeness (QED) is 0.708. The lowest BCUT2D eigenvalue weighted by atomic mass is 9.89. The van der Waals surface area contributed by atoms with Crippen LogP contribution in [0.25, 0.3) is 11.3 Å². The number of aryl methyl sites for hydroxylation is 1. The number of hydrogen-bond donors (Lipinski definition) is 2. The van der Waals surface area contributed by atoms with Gasteiger partial charge in [-0.1, -0.05) is 24.3 Å². The van der Waals surface area contributed by atoms with Gasteiger partial charge in [-0.05, 0) is 42.7 Å². The van der Waals surface area contributed by atoms with Gasteiger partial charge in [0, 0.05) is 16.7 Å². The van der Waals surface area contributed by atoms with Gasteiger partial charge in [0.2, 0.25) is 0 Å². The molecule has 0 spiro atoms. The largest absolute Gasteiger partial charge is 0.416 e. The molecule has 9 heteroatoms. The fourth-order valence-electron chi connectivity index (χ4n) is 3.44. The molecule has 1 heterocycles. The number of fused-ring (bicyclic) bond motifs is 3. The lowest BCUT2D eigenvalue weighted by Crippen LogP contribution is -2.26. The van der Waals surface area contributed by atoms with Crippen molar-refractivity contribution in [3.8, 4) is 11.3 Å². The van der Waals surface area contributed by atoms with Crippen LogP contribution in [0.1, 0.15) is 37.5 Å². The normalized spacial score (nSPS) is 12.8. The Labute approximate surface area is 163 Å². The molecule has 0 atom stereocenters. The summed E-state index contributed by atoms with van der Waals surface area (Å²) in [7, 11) is 0. The Morgan fingerprint density at radius 2 is 1.72 bits per heavy atom. The molecule has 2 aromatic carbocycles. The predicted octanol–water partition coefficient (Wildman–Crippen LogP) is 3.15. The maximum atomic E-state index is 12.7. The van der Waals surface area contributed by atoms with Crippen LogP contribution < -0.4 is 11.2 Å². The van der Waals surface area contributed by atoms with Crippen LogP contribution in [0.4, 0.5) is 13.2 Å². The standard InChI is InChI=1S/C20H15F3N4O2/c21-20(22,23)13-8-5-12(6-9-13)19(29)26-27-17-14-4-2-1-3-11(14)7-10-15(17)16(25-27)18(24)28/h1-6,8-9H,7,10H2,(H2,24,28)(H,26,29). The SMILES string of the molecule is NC(=O)c1nn(NC(=O)c2ccc(C(F)(F)F)cc2)c2c1CCc1ccccc1-2. The highest BCUT2D eigenvalue weighted by Gasteiger charge is 2.31. The van der Waals surface area contributed by atoms with Crippen LogP contribution in [0.15, 0.2) is 48.5 Å². The van der Waals surface area contributed by atoms with Crippen molar-refractivity contribution in [3.05, 3.63) is 76.5 Å². The van der Waals surface area contributed by atoms with Crippen LogP contribution in [0.3, 0.4) is 0 Å². The van der Waals surface area contributed by atoms with E-state index in [1.807, 2.05) is 24.3 Å². The van der Waals surface area contributed by atoms with E-state index in [9.17, 15) is 22.8 Å². The second-order valence-electron chi connectivity index (χ2n) is 6.63. The Balaban J connectivity index is 1.71. The van der Waals surface area contributed by atoms with Crippen molar-refractivity contribution in [2.45, 2.75) is 19.0 Å². The van der Waals surface area contributed by atoms with E-state index in [1.165, 1.54) is 4.79 Å². The second-order valence-corrected chi connectivity index (χ2v) is 6.63. The molecule has 0 saturated heterocycles. The van der Waals surface area contributed by atoms with E-state index in [4.69, 9.17) is 5.73 Å². The number of nitrogens with one attached hydrogen (secondary N) is 1. The maximum absolute atomic E-state index is 12.7. The van der Waals surface area contributed by atoms with Crippen LogP contribution in [0.5, 0.6) is 0 Å². The Kier molecular flexibility index (Phi) is 4.37. The summed E-state index contributed by atoms with van der Waals surface area (Å²) in [4.78, 5) is 25.6. The van der Waals surface area contributed by atoms with Crippen LogP contribution in [0.2, 0.25) is 0 Å². The first-order valence-corrected chi connectivity index (χ1v) is 8.74. The predicted molar refractivity (Wildman–Crippen MR) is 98.7 cm³/mol. The minimum absolute atomic E-state index is 0.0203. The number of aromatic nitrogens is 2. The second kappa shape index (κ2) is 6.77. The Morgan fingerprint density at radius 3 is 2.38 bits per heavy atom. The van der Waals surface area contributed by atoms with Gasteiger partial charge in [-0.2, -0.15) is 18.0 Å². The molecule has 1 aliphatic carbocycles.